The Morgan fingerprint density at radius 2 is 1.78 bits per heavy atom. The SMILES string of the molecule is FC(F)(F)Oc1ccc(CNCC2(N3CCCC3)COC2)cc1. The second kappa shape index (κ2) is 6.67. The van der Waals surface area contributed by atoms with E-state index in [4.69, 9.17) is 4.74 Å². The van der Waals surface area contributed by atoms with Gasteiger partial charge in [0.15, 0.2) is 0 Å². The van der Waals surface area contributed by atoms with Crippen LogP contribution in [0.15, 0.2) is 24.3 Å². The molecule has 0 bridgehead atoms. The maximum Gasteiger partial charge on any atom is 0.573 e. The molecule has 1 N–H and O–H groups in total. The molecule has 0 amide bonds. The zero-order valence-electron chi connectivity index (χ0n) is 12.9. The molecule has 23 heavy (non-hydrogen) atoms. The molecule has 0 spiro atoms. The smallest absolute Gasteiger partial charge is 0.406 e. The summed E-state index contributed by atoms with van der Waals surface area (Å²) in [5.41, 5.74) is 1.02. The highest BCUT2D eigenvalue weighted by Gasteiger charge is 2.44. The summed E-state index contributed by atoms with van der Waals surface area (Å²) in [4.78, 5) is 2.49. The van der Waals surface area contributed by atoms with Gasteiger partial charge < -0.3 is 14.8 Å². The van der Waals surface area contributed by atoms with Gasteiger partial charge in [-0.1, -0.05) is 12.1 Å². The lowest BCUT2D eigenvalue weighted by molar-refractivity contribution is -0.274. The van der Waals surface area contributed by atoms with Crippen molar-refractivity contribution in [2.45, 2.75) is 31.3 Å². The summed E-state index contributed by atoms with van der Waals surface area (Å²) >= 11 is 0. The first-order valence-corrected chi connectivity index (χ1v) is 7.85. The third kappa shape index (κ3) is 4.16. The summed E-state index contributed by atoms with van der Waals surface area (Å²) in [5, 5.41) is 3.40. The third-order valence-corrected chi connectivity index (χ3v) is 4.46. The quantitative estimate of drug-likeness (QED) is 0.869. The molecule has 0 saturated carbocycles. The monoisotopic (exact) mass is 330 g/mol. The average Bonchev–Trinajstić information content (AvgIpc) is 2.96. The Morgan fingerprint density at radius 3 is 2.30 bits per heavy atom. The molecule has 0 aromatic heterocycles. The van der Waals surface area contributed by atoms with Crippen LogP contribution in [0.25, 0.3) is 0 Å². The molecule has 0 unspecified atom stereocenters. The summed E-state index contributed by atoms with van der Waals surface area (Å²) in [5.74, 6) is -0.192. The number of alkyl halides is 3. The molecule has 3 rings (SSSR count). The van der Waals surface area contributed by atoms with Crippen molar-refractivity contribution in [1.82, 2.24) is 10.2 Å². The first-order valence-electron chi connectivity index (χ1n) is 7.85. The van der Waals surface area contributed by atoms with Gasteiger partial charge in [0, 0.05) is 13.1 Å². The topological polar surface area (TPSA) is 33.7 Å². The molecule has 4 nitrogen and oxygen atoms in total. The van der Waals surface area contributed by atoms with Crippen LogP contribution in [-0.4, -0.2) is 49.6 Å². The lowest BCUT2D eigenvalue weighted by atomic mass is 9.95. The lowest BCUT2D eigenvalue weighted by Crippen LogP contribution is -2.66. The zero-order valence-corrected chi connectivity index (χ0v) is 12.9. The van der Waals surface area contributed by atoms with Gasteiger partial charge in [-0.15, -0.1) is 13.2 Å². The number of halogens is 3. The van der Waals surface area contributed by atoms with Crippen LogP contribution in [0.1, 0.15) is 18.4 Å². The molecule has 0 atom stereocenters. The van der Waals surface area contributed by atoms with E-state index in [1.54, 1.807) is 12.1 Å². The predicted octanol–water partition coefficient (Wildman–Crippen LogP) is 2.54. The van der Waals surface area contributed by atoms with E-state index < -0.39 is 6.36 Å². The molecule has 1 aromatic carbocycles. The fourth-order valence-electron chi connectivity index (χ4n) is 3.17. The van der Waals surface area contributed by atoms with Crippen molar-refractivity contribution in [3.05, 3.63) is 29.8 Å². The van der Waals surface area contributed by atoms with Crippen LogP contribution >= 0.6 is 0 Å². The van der Waals surface area contributed by atoms with E-state index in [0.717, 1.165) is 38.4 Å². The van der Waals surface area contributed by atoms with E-state index in [0.29, 0.717) is 6.54 Å². The van der Waals surface area contributed by atoms with E-state index in [1.165, 1.54) is 25.0 Å². The number of likely N-dealkylation sites (tertiary alicyclic amines) is 1. The molecule has 2 aliphatic rings. The van der Waals surface area contributed by atoms with Crippen LogP contribution in [0.2, 0.25) is 0 Å². The number of hydrogen-bond donors (Lipinski definition) is 1. The predicted molar refractivity (Wildman–Crippen MR) is 79.2 cm³/mol. The molecule has 2 saturated heterocycles. The van der Waals surface area contributed by atoms with Crippen molar-refractivity contribution in [3.63, 3.8) is 0 Å². The van der Waals surface area contributed by atoms with E-state index in [1.807, 2.05) is 0 Å². The highest BCUT2D eigenvalue weighted by molar-refractivity contribution is 5.27. The Balaban J connectivity index is 1.48. The molecule has 128 valence electrons. The van der Waals surface area contributed by atoms with Crippen molar-refractivity contribution < 1.29 is 22.6 Å². The summed E-state index contributed by atoms with van der Waals surface area (Å²) in [7, 11) is 0. The Hall–Kier alpha value is -1.31. The number of hydrogen-bond acceptors (Lipinski definition) is 4. The van der Waals surface area contributed by atoms with Gasteiger partial charge in [0.2, 0.25) is 0 Å². The largest absolute Gasteiger partial charge is 0.573 e. The molecule has 0 radical (unpaired) electrons. The van der Waals surface area contributed by atoms with Crippen molar-refractivity contribution in [1.29, 1.82) is 0 Å². The second-order valence-electron chi connectivity index (χ2n) is 6.21. The van der Waals surface area contributed by atoms with Crippen LogP contribution < -0.4 is 10.1 Å². The van der Waals surface area contributed by atoms with Crippen LogP contribution in [0, 0.1) is 0 Å². The number of nitrogens with zero attached hydrogens (tertiary/aromatic N) is 1. The zero-order chi connectivity index (χ0) is 16.3. The second-order valence-corrected chi connectivity index (χ2v) is 6.21. The molecule has 1 aromatic rings. The Labute approximate surface area is 133 Å². The summed E-state index contributed by atoms with van der Waals surface area (Å²) in [6, 6.07) is 5.97. The van der Waals surface area contributed by atoms with Gasteiger partial charge in [0.1, 0.15) is 5.75 Å². The molecule has 2 fully saturated rings. The average molecular weight is 330 g/mol. The minimum atomic E-state index is -4.65. The van der Waals surface area contributed by atoms with Crippen molar-refractivity contribution in [2.24, 2.45) is 0 Å². The van der Waals surface area contributed by atoms with Gasteiger partial charge in [-0.05, 0) is 43.6 Å². The lowest BCUT2D eigenvalue weighted by Gasteiger charge is -2.48. The van der Waals surface area contributed by atoms with E-state index in [-0.39, 0.29) is 11.3 Å². The Morgan fingerprint density at radius 1 is 1.13 bits per heavy atom. The fraction of sp³-hybridized carbons (Fsp3) is 0.625. The fourth-order valence-corrected chi connectivity index (χ4v) is 3.17. The third-order valence-electron chi connectivity index (χ3n) is 4.46. The Kier molecular flexibility index (Phi) is 4.79. The van der Waals surface area contributed by atoms with Crippen LogP contribution in [-0.2, 0) is 11.3 Å². The Bertz CT molecular complexity index is 509. The molecule has 2 aliphatic heterocycles. The van der Waals surface area contributed by atoms with Gasteiger partial charge in [-0.25, -0.2) is 0 Å². The van der Waals surface area contributed by atoms with Crippen LogP contribution in [0.5, 0.6) is 5.75 Å². The summed E-state index contributed by atoms with van der Waals surface area (Å²) in [6.45, 7) is 5.18. The van der Waals surface area contributed by atoms with Gasteiger partial charge in [-0.3, -0.25) is 4.90 Å². The molecule has 2 heterocycles. The molecule has 7 heteroatoms. The van der Waals surface area contributed by atoms with E-state index >= 15 is 0 Å². The van der Waals surface area contributed by atoms with Gasteiger partial charge in [-0.2, -0.15) is 0 Å². The van der Waals surface area contributed by atoms with Crippen molar-refractivity contribution >= 4 is 0 Å². The van der Waals surface area contributed by atoms with Gasteiger partial charge in [0.05, 0.1) is 18.8 Å². The van der Waals surface area contributed by atoms with Crippen molar-refractivity contribution in [3.8, 4) is 5.75 Å². The van der Waals surface area contributed by atoms with Gasteiger partial charge in [0.25, 0.3) is 0 Å². The minimum absolute atomic E-state index is 0.0931. The first-order chi connectivity index (χ1) is 11.0. The maximum absolute atomic E-state index is 12.1. The van der Waals surface area contributed by atoms with E-state index in [9.17, 15) is 13.2 Å². The number of rotatable bonds is 6. The molecule has 0 aliphatic carbocycles. The highest BCUT2D eigenvalue weighted by Crippen LogP contribution is 2.28. The van der Waals surface area contributed by atoms with Gasteiger partial charge >= 0.3 is 6.36 Å². The van der Waals surface area contributed by atoms with Crippen molar-refractivity contribution in [2.75, 3.05) is 32.8 Å². The first kappa shape index (κ1) is 16.5. The van der Waals surface area contributed by atoms with Crippen LogP contribution in [0.4, 0.5) is 13.2 Å². The highest BCUT2D eigenvalue weighted by atomic mass is 19.4. The number of nitrogens with one attached hydrogen (secondary N) is 1. The standard InChI is InChI=1S/C16H21F3N2O2/c17-16(18,19)23-14-5-3-13(4-6-14)9-20-10-15(11-22-12-15)21-7-1-2-8-21/h3-6,20H,1-2,7-12H2. The van der Waals surface area contributed by atoms with E-state index in [2.05, 4.69) is 15.0 Å². The summed E-state index contributed by atoms with van der Waals surface area (Å²) < 4.78 is 45.6. The molecular formula is C16H21F3N2O2. The van der Waals surface area contributed by atoms with Crippen LogP contribution in [0.3, 0.4) is 0 Å². The number of ether oxygens (including phenoxy) is 2. The summed E-state index contributed by atoms with van der Waals surface area (Å²) in [6.07, 6.45) is -2.17. The minimum Gasteiger partial charge on any atom is -0.406 e. The number of benzene rings is 1. The maximum atomic E-state index is 12.1. The molecular weight excluding hydrogens is 309 g/mol. The normalized spacial score (nSPS) is 21.2.